The topological polar surface area (TPSA) is 12.0 Å². The third kappa shape index (κ3) is 2.51. The smallest absolute Gasteiger partial charge is 0.00173 e. The summed E-state index contributed by atoms with van der Waals surface area (Å²) in [6.07, 6.45) is 3.48. The van der Waals surface area contributed by atoms with E-state index >= 15 is 0 Å². The Morgan fingerprint density at radius 2 is 2.27 bits per heavy atom. The third-order valence-electron chi connectivity index (χ3n) is 2.18. The van der Waals surface area contributed by atoms with Gasteiger partial charge in [-0.2, -0.15) is 0 Å². The first kappa shape index (κ1) is 8.54. The minimum absolute atomic E-state index is 0.756. The van der Waals surface area contributed by atoms with E-state index in [2.05, 4.69) is 24.9 Å². The highest BCUT2D eigenvalue weighted by Gasteiger charge is 2.15. The van der Waals surface area contributed by atoms with Crippen LogP contribution in [0.15, 0.2) is 23.8 Å². The maximum absolute atomic E-state index is 3.87. The van der Waals surface area contributed by atoms with Crippen LogP contribution in [-0.4, -0.2) is 13.1 Å². The van der Waals surface area contributed by atoms with Crippen LogP contribution in [0, 0.1) is 5.92 Å². The van der Waals surface area contributed by atoms with Gasteiger partial charge in [-0.1, -0.05) is 23.8 Å². The lowest BCUT2D eigenvalue weighted by Crippen LogP contribution is -2.09. The molecule has 0 radical (unpaired) electrons. The van der Waals surface area contributed by atoms with Gasteiger partial charge in [0.25, 0.3) is 0 Å². The molecule has 1 unspecified atom stereocenters. The van der Waals surface area contributed by atoms with E-state index < -0.39 is 0 Å². The van der Waals surface area contributed by atoms with Crippen molar-refractivity contribution in [3.8, 4) is 0 Å². The van der Waals surface area contributed by atoms with E-state index in [0.29, 0.717) is 0 Å². The molecule has 0 amide bonds. The Kier molecular flexibility index (Phi) is 2.89. The molecule has 1 aliphatic heterocycles. The molecule has 1 N–H and O–H groups in total. The lowest BCUT2D eigenvalue weighted by Gasteiger charge is -2.07. The maximum Gasteiger partial charge on any atom is 0.00173 e. The molecule has 1 atom stereocenters. The molecule has 0 aromatic heterocycles. The molecular formula is C10H17N. The molecule has 0 saturated carbocycles. The molecule has 1 rings (SSSR count). The standard InChI is InChI=1S/C10H17N/c1-8(2)6-9(3)10-4-5-11-7-10/h6,10-11H,1,4-5,7H2,2-3H3. The van der Waals surface area contributed by atoms with Crippen molar-refractivity contribution >= 4 is 0 Å². The van der Waals surface area contributed by atoms with Crippen LogP contribution in [0.25, 0.3) is 0 Å². The van der Waals surface area contributed by atoms with Gasteiger partial charge in [-0.05, 0) is 32.7 Å². The molecule has 0 aromatic rings. The number of hydrogen-bond donors (Lipinski definition) is 1. The predicted octanol–water partition coefficient (Wildman–Crippen LogP) is 2.12. The van der Waals surface area contributed by atoms with Gasteiger partial charge in [0, 0.05) is 6.54 Å². The van der Waals surface area contributed by atoms with Crippen molar-refractivity contribution in [3.05, 3.63) is 23.8 Å². The van der Waals surface area contributed by atoms with Crippen LogP contribution in [0.4, 0.5) is 0 Å². The van der Waals surface area contributed by atoms with Gasteiger partial charge in [-0.15, -0.1) is 0 Å². The highest BCUT2D eigenvalue weighted by molar-refractivity contribution is 5.19. The number of hydrogen-bond acceptors (Lipinski definition) is 1. The van der Waals surface area contributed by atoms with Gasteiger partial charge in [0.15, 0.2) is 0 Å². The van der Waals surface area contributed by atoms with Gasteiger partial charge in [-0.3, -0.25) is 0 Å². The average molecular weight is 151 g/mol. The van der Waals surface area contributed by atoms with E-state index in [4.69, 9.17) is 0 Å². The summed E-state index contributed by atoms with van der Waals surface area (Å²) in [7, 11) is 0. The van der Waals surface area contributed by atoms with Gasteiger partial charge in [0.2, 0.25) is 0 Å². The first-order valence-corrected chi connectivity index (χ1v) is 4.24. The van der Waals surface area contributed by atoms with Gasteiger partial charge < -0.3 is 5.32 Å². The van der Waals surface area contributed by atoms with Gasteiger partial charge >= 0.3 is 0 Å². The Hall–Kier alpha value is -0.560. The maximum atomic E-state index is 3.87. The van der Waals surface area contributed by atoms with E-state index in [1.807, 2.05) is 6.92 Å². The monoisotopic (exact) mass is 151 g/mol. The lowest BCUT2D eigenvalue weighted by molar-refractivity contribution is 0.681. The summed E-state index contributed by atoms with van der Waals surface area (Å²) in [5.74, 6) is 0.756. The molecular weight excluding hydrogens is 134 g/mol. The van der Waals surface area contributed by atoms with Crippen LogP contribution in [0.1, 0.15) is 20.3 Å². The lowest BCUT2D eigenvalue weighted by atomic mass is 9.98. The first-order chi connectivity index (χ1) is 5.20. The zero-order valence-electron chi connectivity index (χ0n) is 7.48. The molecule has 1 saturated heterocycles. The largest absolute Gasteiger partial charge is 0.316 e. The number of rotatable bonds is 2. The van der Waals surface area contributed by atoms with Gasteiger partial charge in [-0.25, -0.2) is 0 Å². The van der Waals surface area contributed by atoms with E-state index in [1.54, 1.807) is 0 Å². The Balaban J connectivity index is 2.51. The van der Waals surface area contributed by atoms with Crippen molar-refractivity contribution in [1.82, 2.24) is 5.32 Å². The highest BCUT2D eigenvalue weighted by Crippen LogP contribution is 2.18. The molecule has 62 valence electrons. The molecule has 1 fully saturated rings. The van der Waals surface area contributed by atoms with Crippen molar-refractivity contribution in [1.29, 1.82) is 0 Å². The van der Waals surface area contributed by atoms with E-state index in [1.165, 1.54) is 18.5 Å². The number of nitrogens with one attached hydrogen (secondary N) is 1. The number of allylic oxidation sites excluding steroid dienone is 2. The summed E-state index contributed by atoms with van der Waals surface area (Å²) in [5, 5.41) is 3.36. The molecule has 1 aliphatic rings. The Morgan fingerprint density at radius 1 is 1.55 bits per heavy atom. The highest BCUT2D eigenvalue weighted by atomic mass is 14.9. The van der Waals surface area contributed by atoms with E-state index in [0.717, 1.165) is 18.0 Å². The average Bonchev–Trinajstić information content (AvgIpc) is 2.35. The predicted molar refractivity (Wildman–Crippen MR) is 49.5 cm³/mol. The van der Waals surface area contributed by atoms with Crippen molar-refractivity contribution < 1.29 is 0 Å². The summed E-state index contributed by atoms with van der Waals surface area (Å²) in [4.78, 5) is 0. The fourth-order valence-corrected chi connectivity index (χ4v) is 1.55. The Labute approximate surface area is 69.2 Å². The molecule has 11 heavy (non-hydrogen) atoms. The fourth-order valence-electron chi connectivity index (χ4n) is 1.55. The molecule has 0 spiro atoms. The second-order valence-corrected chi connectivity index (χ2v) is 3.42. The summed E-state index contributed by atoms with van der Waals surface area (Å²) in [5.41, 5.74) is 2.64. The van der Waals surface area contributed by atoms with Crippen LogP contribution < -0.4 is 5.32 Å². The van der Waals surface area contributed by atoms with Gasteiger partial charge in [0.1, 0.15) is 0 Å². The normalized spacial score (nSPS) is 25.6. The second kappa shape index (κ2) is 3.72. The third-order valence-corrected chi connectivity index (χ3v) is 2.18. The molecule has 0 aromatic carbocycles. The van der Waals surface area contributed by atoms with Crippen molar-refractivity contribution in [2.75, 3.05) is 13.1 Å². The molecule has 1 heterocycles. The van der Waals surface area contributed by atoms with Gasteiger partial charge in [0.05, 0.1) is 0 Å². The van der Waals surface area contributed by atoms with Crippen LogP contribution in [0.5, 0.6) is 0 Å². The van der Waals surface area contributed by atoms with Crippen molar-refractivity contribution in [2.45, 2.75) is 20.3 Å². The van der Waals surface area contributed by atoms with Crippen LogP contribution in [0.3, 0.4) is 0 Å². The summed E-state index contributed by atoms with van der Waals surface area (Å²) >= 11 is 0. The van der Waals surface area contributed by atoms with E-state index in [-0.39, 0.29) is 0 Å². The fraction of sp³-hybridized carbons (Fsp3) is 0.600. The minimum atomic E-state index is 0.756. The zero-order valence-corrected chi connectivity index (χ0v) is 7.48. The molecule has 1 heteroatoms. The molecule has 0 bridgehead atoms. The summed E-state index contributed by atoms with van der Waals surface area (Å²) < 4.78 is 0. The first-order valence-electron chi connectivity index (χ1n) is 4.24. The second-order valence-electron chi connectivity index (χ2n) is 3.42. The Morgan fingerprint density at radius 3 is 2.73 bits per heavy atom. The summed E-state index contributed by atoms with van der Waals surface area (Å²) in [6, 6.07) is 0. The van der Waals surface area contributed by atoms with Crippen LogP contribution >= 0.6 is 0 Å². The van der Waals surface area contributed by atoms with Crippen LogP contribution in [0.2, 0.25) is 0 Å². The molecule has 0 aliphatic carbocycles. The van der Waals surface area contributed by atoms with Crippen LogP contribution in [-0.2, 0) is 0 Å². The quantitative estimate of drug-likeness (QED) is 0.596. The summed E-state index contributed by atoms with van der Waals surface area (Å²) in [6.45, 7) is 10.4. The van der Waals surface area contributed by atoms with Crippen molar-refractivity contribution in [2.24, 2.45) is 5.92 Å². The minimum Gasteiger partial charge on any atom is -0.316 e. The van der Waals surface area contributed by atoms with Crippen molar-refractivity contribution in [3.63, 3.8) is 0 Å². The Bertz CT molecular complexity index is 173. The zero-order chi connectivity index (χ0) is 8.27. The SMILES string of the molecule is C=C(C)C=C(C)C1CCNC1. The molecule has 1 nitrogen and oxygen atoms in total. The van der Waals surface area contributed by atoms with E-state index in [9.17, 15) is 0 Å².